The minimum Gasteiger partial charge on any atom is -0.496 e. The molecule has 90 valence electrons. The quantitative estimate of drug-likeness (QED) is 0.895. The summed E-state index contributed by atoms with van der Waals surface area (Å²) in [5, 5.41) is 6.69. The van der Waals surface area contributed by atoms with E-state index < -0.39 is 0 Å². The average Bonchev–Trinajstić information content (AvgIpc) is 2.65. The van der Waals surface area contributed by atoms with Crippen LogP contribution < -0.4 is 10.5 Å². The summed E-state index contributed by atoms with van der Waals surface area (Å²) in [6.45, 7) is 4.03. The topological polar surface area (TPSA) is 63.9 Å². The summed E-state index contributed by atoms with van der Waals surface area (Å²) in [6, 6.07) is 2.02. The maximum atomic E-state index is 5.86. The van der Waals surface area contributed by atoms with Crippen molar-refractivity contribution in [2.75, 3.05) is 12.8 Å². The molecule has 0 aliphatic rings. The highest BCUT2D eigenvalue weighted by Crippen LogP contribution is 2.40. The number of nitrogens with two attached hydrogens (primary N) is 1. The minimum atomic E-state index is 0.555. The summed E-state index contributed by atoms with van der Waals surface area (Å²) in [4.78, 5) is 0. The van der Waals surface area contributed by atoms with Crippen LogP contribution in [0.25, 0.3) is 11.1 Å². The lowest BCUT2D eigenvalue weighted by molar-refractivity contribution is 0.408. The Labute approximate surface area is 108 Å². The van der Waals surface area contributed by atoms with Gasteiger partial charge in [0.2, 0.25) is 0 Å². The molecule has 1 aromatic heterocycles. The van der Waals surface area contributed by atoms with Crippen molar-refractivity contribution in [3.8, 4) is 16.9 Å². The Morgan fingerprint density at radius 2 is 2.12 bits per heavy atom. The minimum absolute atomic E-state index is 0.555. The molecule has 0 bridgehead atoms. The Morgan fingerprint density at radius 3 is 2.65 bits per heavy atom. The molecule has 0 radical (unpaired) electrons. The molecule has 0 unspecified atom stereocenters. The number of anilines is 1. The number of hydrogen-bond acceptors (Lipinski definition) is 3. The highest BCUT2D eigenvalue weighted by molar-refractivity contribution is 9.10. The molecule has 1 heterocycles. The number of nitrogen functional groups attached to an aromatic ring is 1. The summed E-state index contributed by atoms with van der Waals surface area (Å²) >= 11 is 3.56. The largest absolute Gasteiger partial charge is 0.496 e. The average molecular weight is 296 g/mol. The molecule has 17 heavy (non-hydrogen) atoms. The predicted molar refractivity (Wildman–Crippen MR) is 72.2 cm³/mol. The molecular weight excluding hydrogens is 282 g/mol. The standard InChI is InChI=1S/C12H14BrN3O/c1-6-4-9(13)10(7(2)11(6)17-3)8-5-15-16-12(8)14/h4-5H,1-3H3,(H3,14,15,16). The van der Waals surface area contributed by atoms with Crippen LogP contribution in [0.3, 0.4) is 0 Å². The first kappa shape index (κ1) is 12.0. The van der Waals surface area contributed by atoms with Crippen LogP contribution in [-0.4, -0.2) is 17.3 Å². The van der Waals surface area contributed by atoms with Gasteiger partial charge in [0.05, 0.1) is 13.3 Å². The van der Waals surface area contributed by atoms with Gasteiger partial charge in [0, 0.05) is 21.2 Å². The van der Waals surface area contributed by atoms with E-state index in [4.69, 9.17) is 10.5 Å². The highest BCUT2D eigenvalue weighted by Gasteiger charge is 2.16. The molecule has 5 heteroatoms. The predicted octanol–water partition coefficient (Wildman–Crippen LogP) is 3.05. The first-order valence-electron chi connectivity index (χ1n) is 5.19. The van der Waals surface area contributed by atoms with Crippen molar-refractivity contribution in [1.29, 1.82) is 0 Å². The number of rotatable bonds is 2. The van der Waals surface area contributed by atoms with Crippen LogP contribution in [0.15, 0.2) is 16.7 Å². The van der Waals surface area contributed by atoms with Crippen molar-refractivity contribution in [2.45, 2.75) is 13.8 Å². The second-order valence-electron chi connectivity index (χ2n) is 3.91. The zero-order valence-corrected chi connectivity index (χ0v) is 11.6. The van der Waals surface area contributed by atoms with Crippen molar-refractivity contribution >= 4 is 21.7 Å². The van der Waals surface area contributed by atoms with E-state index >= 15 is 0 Å². The Hall–Kier alpha value is -1.49. The maximum absolute atomic E-state index is 5.86. The van der Waals surface area contributed by atoms with Crippen molar-refractivity contribution in [1.82, 2.24) is 10.2 Å². The molecule has 2 aromatic rings. The molecule has 0 saturated heterocycles. The molecule has 1 aromatic carbocycles. The van der Waals surface area contributed by atoms with Gasteiger partial charge in [-0.15, -0.1) is 0 Å². The molecule has 0 aliphatic heterocycles. The monoisotopic (exact) mass is 295 g/mol. The van der Waals surface area contributed by atoms with E-state index in [-0.39, 0.29) is 0 Å². The zero-order chi connectivity index (χ0) is 12.6. The Bertz CT molecular complexity index is 563. The molecule has 0 amide bonds. The first-order valence-corrected chi connectivity index (χ1v) is 5.98. The third-order valence-corrected chi connectivity index (χ3v) is 3.42. The first-order chi connectivity index (χ1) is 8.06. The number of methoxy groups -OCH3 is 1. The van der Waals surface area contributed by atoms with E-state index in [1.165, 1.54) is 0 Å². The van der Waals surface area contributed by atoms with E-state index in [1.807, 2.05) is 19.9 Å². The normalized spacial score (nSPS) is 10.6. The van der Waals surface area contributed by atoms with Crippen molar-refractivity contribution < 1.29 is 4.74 Å². The molecule has 0 spiro atoms. The van der Waals surface area contributed by atoms with Gasteiger partial charge in [0.15, 0.2) is 0 Å². The summed E-state index contributed by atoms with van der Waals surface area (Å²) in [6.07, 6.45) is 1.72. The summed E-state index contributed by atoms with van der Waals surface area (Å²) in [7, 11) is 1.67. The summed E-state index contributed by atoms with van der Waals surface area (Å²) in [5.41, 5.74) is 9.89. The lowest BCUT2D eigenvalue weighted by Gasteiger charge is -2.14. The van der Waals surface area contributed by atoms with Crippen LogP contribution in [0.2, 0.25) is 0 Å². The van der Waals surface area contributed by atoms with Crippen LogP contribution >= 0.6 is 15.9 Å². The number of nitrogens with zero attached hydrogens (tertiary/aromatic N) is 1. The smallest absolute Gasteiger partial charge is 0.126 e. The number of aromatic nitrogens is 2. The van der Waals surface area contributed by atoms with E-state index in [0.717, 1.165) is 32.5 Å². The Morgan fingerprint density at radius 1 is 1.41 bits per heavy atom. The van der Waals surface area contributed by atoms with Crippen LogP contribution in [0, 0.1) is 13.8 Å². The fraction of sp³-hybridized carbons (Fsp3) is 0.250. The maximum Gasteiger partial charge on any atom is 0.126 e. The van der Waals surface area contributed by atoms with Gasteiger partial charge in [-0.25, -0.2) is 0 Å². The number of aromatic amines is 1. The van der Waals surface area contributed by atoms with Crippen LogP contribution in [0.5, 0.6) is 5.75 Å². The zero-order valence-electron chi connectivity index (χ0n) is 9.97. The van der Waals surface area contributed by atoms with Gasteiger partial charge in [-0.3, -0.25) is 5.10 Å². The molecular formula is C12H14BrN3O. The number of H-pyrrole nitrogens is 1. The lowest BCUT2D eigenvalue weighted by Crippen LogP contribution is -1.96. The number of ether oxygens (including phenoxy) is 1. The number of hydrogen-bond donors (Lipinski definition) is 2. The van der Waals surface area contributed by atoms with Gasteiger partial charge in [0.1, 0.15) is 11.6 Å². The van der Waals surface area contributed by atoms with E-state index in [2.05, 4.69) is 26.1 Å². The Kier molecular flexibility index (Phi) is 3.11. The van der Waals surface area contributed by atoms with Crippen LogP contribution in [0.1, 0.15) is 11.1 Å². The second-order valence-corrected chi connectivity index (χ2v) is 4.76. The third-order valence-electron chi connectivity index (χ3n) is 2.80. The van der Waals surface area contributed by atoms with Gasteiger partial charge >= 0.3 is 0 Å². The van der Waals surface area contributed by atoms with Crippen LogP contribution in [-0.2, 0) is 0 Å². The SMILES string of the molecule is COc1c(C)cc(Br)c(-c2cn[nH]c2N)c1C. The summed E-state index contributed by atoms with van der Waals surface area (Å²) in [5.74, 6) is 1.43. The van der Waals surface area contributed by atoms with Gasteiger partial charge in [-0.1, -0.05) is 15.9 Å². The van der Waals surface area contributed by atoms with Crippen molar-refractivity contribution in [2.24, 2.45) is 0 Å². The Balaban J connectivity index is 2.74. The molecule has 3 N–H and O–H groups in total. The van der Waals surface area contributed by atoms with Gasteiger partial charge < -0.3 is 10.5 Å². The van der Waals surface area contributed by atoms with Gasteiger partial charge in [-0.2, -0.15) is 5.10 Å². The number of halogens is 1. The fourth-order valence-corrected chi connectivity index (χ4v) is 2.91. The number of benzene rings is 1. The highest BCUT2D eigenvalue weighted by atomic mass is 79.9. The molecule has 4 nitrogen and oxygen atoms in total. The van der Waals surface area contributed by atoms with Gasteiger partial charge in [0.25, 0.3) is 0 Å². The van der Waals surface area contributed by atoms with Crippen LogP contribution in [0.4, 0.5) is 5.82 Å². The molecule has 0 atom stereocenters. The molecule has 0 fully saturated rings. The molecule has 2 rings (SSSR count). The van der Waals surface area contributed by atoms with E-state index in [0.29, 0.717) is 5.82 Å². The molecule has 0 saturated carbocycles. The third kappa shape index (κ3) is 1.91. The van der Waals surface area contributed by atoms with E-state index in [1.54, 1.807) is 13.3 Å². The summed E-state index contributed by atoms with van der Waals surface area (Å²) < 4.78 is 6.40. The second kappa shape index (κ2) is 4.41. The van der Waals surface area contributed by atoms with Crippen molar-refractivity contribution in [3.05, 3.63) is 27.9 Å². The van der Waals surface area contributed by atoms with E-state index in [9.17, 15) is 0 Å². The van der Waals surface area contributed by atoms with Gasteiger partial charge in [-0.05, 0) is 25.5 Å². The number of aryl methyl sites for hydroxylation is 1. The fourth-order valence-electron chi connectivity index (χ4n) is 2.06. The molecule has 0 aliphatic carbocycles. The lowest BCUT2D eigenvalue weighted by atomic mass is 9.99. The van der Waals surface area contributed by atoms with Crippen molar-refractivity contribution in [3.63, 3.8) is 0 Å². The number of nitrogens with one attached hydrogen (secondary N) is 1.